The third-order valence-corrected chi connectivity index (χ3v) is 4.91. The van der Waals surface area contributed by atoms with E-state index in [0.29, 0.717) is 17.0 Å². The molecule has 3 heterocycles. The van der Waals surface area contributed by atoms with Crippen LogP contribution in [0, 0.1) is 13.8 Å². The Morgan fingerprint density at radius 1 is 1.23 bits per heavy atom. The molecule has 160 valence electrons. The molecule has 0 spiro atoms. The van der Waals surface area contributed by atoms with Crippen LogP contribution >= 0.6 is 11.6 Å². The van der Waals surface area contributed by atoms with Crippen LogP contribution in [0.2, 0.25) is 5.15 Å². The predicted octanol–water partition coefficient (Wildman–Crippen LogP) is 3.37. The second-order valence-electron chi connectivity index (χ2n) is 6.53. The minimum atomic E-state index is -2.44. The van der Waals surface area contributed by atoms with Gasteiger partial charge < -0.3 is 10.5 Å². The van der Waals surface area contributed by atoms with Crippen molar-refractivity contribution >= 4 is 28.7 Å². The topological polar surface area (TPSA) is 101 Å². The zero-order valence-electron chi connectivity index (χ0n) is 16.3. The van der Waals surface area contributed by atoms with Crippen LogP contribution in [0.1, 0.15) is 23.2 Å². The van der Waals surface area contributed by atoms with Crippen LogP contribution in [0.25, 0.3) is 11.2 Å². The average Bonchev–Trinajstić information content (AvgIpc) is 2.93. The Hall–Kier alpha value is -3.08. The number of imidazole rings is 1. The van der Waals surface area contributed by atoms with E-state index in [1.54, 1.807) is 13.1 Å². The van der Waals surface area contributed by atoms with Crippen molar-refractivity contribution in [1.82, 2.24) is 24.1 Å². The van der Waals surface area contributed by atoms with Crippen LogP contribution in [-0.4, -0.2) is 31.2 Å². The Kier molecular flexibility index (Phi) is 6.01. The van der Waals surface area contributed by atoms with Crippen LogP contribution < -0.4 is 16.2 Å². The van der Waals surface area contributed by atoms with Crippen LogP contribution in [0.4, 0.5) is 19.1 Å². The molecule has 0 atom stereocenters. The highest BCUT2D eigenvalue weighted by atomic mass is 35.5. The number of nitrogen functional groups attached to an aromatic ring is 1. The molecule has 0 fully saturated rings. The summed E-state index contributed by atoms with van der Waals surface area (Å²) in [6, 6.07) is 0. The van der Waals surface area contributed by atoms with Gasteiger partial charge in [-0.3, -0.25) is 14.1 Å². The van der Waals surface area contributed by atoms with Gasteiger partial charge in [-0.1, -0.05) is 11.6 Å². The number of hydrogen-bond acceptors (Lipinski definition) is 6. The maximum atomic E-state index is 13.3. The van der Waals surface area contributed by atoms with Gasteiger partial charge in [0.25, 0.3) is 0 Å². The molecule has 0 aliphatic rings. The molecule has 30 heavy (non-hydrogen) atoms. The Bertz CT molecular complexity index is 1220. The first kappa shape index (κ1) is 21.6. The quantitative estimate of drug-likeness (QED) is 0.587. The number of fused-ring (bicyclic) bond motifs is 1. The van der Waals surface area contributed by atoms with E-state index in [9.17, 15) is 18.0 Å². The van der Waals surface area contributed by atoms with E-state index in [1.165, 1.54) is 11.7 Å². The standard InChI is InChI=1S/C18H18ClF3N6O2/c1-8-6-24-11(9(2)13(8)30-3)7-28-16-12(14(19)25-17(23)26-16)27(18(28)29)5-4-10(20)15(21)22/h6H,4-5,7H2,1-3H3,(H2,23,25,26). The monoisotopic (exact) mass is 442 g/mol. The molecule has 0 bridgehead atoms. The van der Waals surface area contributed by atoms with Crippen LogP contribution in [0.15, 0.2) is 22.9 Å². The van der Waals surface area contributed by atoms with Gasteiger partial charge in [-0.15, -0.1) is 0 Å². The molecule has 12 heteroatoms. The number of allylic oxidation sites excluding steroid dienone is 1. The fourth-order valence-corrected chi connectivity index (χ4v) is 3.49. The fourth-order valence-electron chi connectivity index (χ4n) is 3.22. The predicted molar refractivity (Wildman–Crippen MR) is 106 cm³/mol. The number of pyridine rings is 1. The summed E-state index contributed by atoms with van der Waals surface area (Å²) >= 11 is 6.14. The summed E-state index contributed by atoms with van der Waals surface area (Å²) in [5.41, 5.74) is 7.24. The van der Waals surface area contributed by atoms with Gasteiger partial charge in [-0.25, -0.2) is 9.18 Å². The number of ether oxygens (including phenoxy) is 1. The van der Waals surface area contributed by atoms with Crippen molar-refractivity contribution in [3.05, 3.63) is 50.6 Å². The molecule has 3 aromatic rings. The minimum Gasteiger partial charge on any atom is -0.496 e. The molecule has 0 amide bonds. The Morgan fingerprint density at radius 2 is 1.93 bits per heavy atom. The van der Waals surface area contributed by atoms with Gasteiger partial charge >= 0.3 is 11.8 Å². The Morgan fingerprint density at radius 3 is 2.57 bits per heavy atom. The second kappa shape index (κ2) is 8.34. The first-order valence-corrected chi connectivity index (χ1v) is 9.14. The minimum absolute atomic E-state index is 0.0205. The van der Waals surface area contributed by atoms with E-state index in [1.807, 2.05) is 6.92 Å². The van der Waals surface area contributed by atoms with Crippen molar-refractivity contribution in [3.8, 4) is 5.75 Å². The number of rotatable bonds is 6. The highest BCUT2D eigenvalue weighted by molar-refractivity contribution is 6.33. The summed E-state index contributed by atoms with van der Waals surface area (Å²) in [6.07, 6.45) is -1.53. The van der Waals surface area contributed by atoms with Crippen molar-refractivity contribution in [2.75, 3.05) is 12.8 Å². The molecule has 0 saturated carbocycles. The molecular formula is C18H18ClF3N6O2. The third kappa shape index (κ3) is 3.84. The summed E-state index contributed by atoms with van der Waals surface area (Å²) in [7, 11) is 1.52. The molecular weight excluding hydrogens is 425 g/mol. The molecule has 3 aromatic heterocycles. The van der Waals surface area contributed by atoms with Crippen LogP contribution in [0.3, 0.4) is 0 Å². The van der Waals surface area contributed by atoms with Gasteiger partial charge in [0, 0.05) is 30.3 Å². The Balaban J connectivity index is 2.17. The van der Waals surface area contributed by atoms with E-state index < -0.39 is 24.0 Å². The van der Waals surface area contributed by atoms with E-state index in [2.05, 4.69) is 15.0 Å². The number of anilines is 1. The number of aryl methyl sites for hydroxylation is 2. The lowest BCUT2D eigenvalue weighted by Gasteiger charge is -2.12. The maximum absolute atomic E-state index is 13.3. The van der Waals surface area contributed by atoms with Gasteiger partial charge in [-0.05, 0) is 13.8 Å². The molecule has 0 aromatic carbocycles. The summed E-state index contributed by atoms with van der Waals surface area (Å²) in [5, 5.41) is -0.148. The highest BCUT2D eigenvalue weighted by Crippen LogP contribution is 2.26. The number of hydrogen-bond donors (Lipinski definition) is 1. The average molecular weight is 443 g/mol. The SMILES string of the molecule is COc1c(C)cnc(Cn2c(=O)n(CCC(F)=C(F)F)c3c(Cl)nc(N)nc32)c1C. The van der Waals surface area contributed by atoms with Crippen molar-refractivity contribution in [2.24, 2.45) is 0 Å². The number of methoxy groups -OCH3 is 1. The summed E-state index contributed by atoms with van der Waals surface area (Å²) in [4.78, 5) is 25.3. The second-order valence-corrected chi connectivity index (χ2v) is 6.88. The number of nitrogens with zero attached hydrogens (tertiary/aromatic N) is 5. The van der Waals surface area contributed by atoms with Crippen LogP contribution in [-0.2, 0) is 13.1 Å². The van der Waals surface area contributed by atoms with Crippen molar-refractivity contribution in [2.45, 2.75) is 33.4 Å². The number of halogens is 4. The van der Waals surface area contributed by atoms with Crippen molar-refractivity contribution in [3.63, 3.8) is 0 Å². The molecule has 3 rings (SSSR count). The molecule has 0 aliphatic carbocycles. The van der Waals surface area contributed by atoms with Gasteiger partial charge in [-0.2, -0.15) is 18.7 Å². The van der Waals surface area contributed by atoms with Crippen molar-refractivity contribution < 1.29 is 17.9 Å². The molecule has 0 unspecified atom stereocenters. The van der Waals surface area contributed by atoms with Crippen LogP contribution in [0.5, 0.6) is 5.75 Å². The summed E-state index contributed by atoms with van der Waals surface area (Å²) in [6.45, 7) is 3.22. The first-order chi connectivity index (χ1) is 14.1. The molecule has 0 radical (unpaired) electrons. The van der Waals surface area contributed by atoms with E-state index >= 15 is 0 Å². The largest absolute Gasteiger partial charge is 0.496 e. The van der Waals surface area contributed by atoms with E-state index in [-0.39, 0.29) is 35.4 Å². The normalized spacial score (nSPS) is 11.2. The van der Waals surface area contributed by atoms with Gasteiger partial charge in [0.05, 0.1) is 19.3 Å². The van der Waals surface area contributed by atoms with Gasteiger partial charge in [0.2, 0.25) is 5.95 Å². The fraction of sp³-hybridized carbons (Fsp3) is 0.333. The molecule has 0 aliphatic heterocycles. The summed E-state index contributed by atoms with van der Waals surface area (Å²) in [5.74, 6) is -1.17. The zero-order chi connectivity index (χ0) is 22.2. The number of nitrogens with two attached hydrogens (primary N) is 1. The highest BCUT2D eigenvalue weighted by Gasteiger charge is 2.21. The first-order valence-electron chi connectivity index (χ1n) is 8.76. The van der Waals surface area contributed by atoms with Crippen molar-refractivity contribution in [1.29, 1.82) is 0 Å². The van der Waals surface area contributed by atoms with E-state index in [4.69, 9.17) is 22.1 Å². The molecule has 8 nitrogen and oxygen atoms in total. The lowest BCUT2D eigenvalue weighted by molar-refractivity contribution is 0.365. The maximum Gasteiger partial charge on any atom is 0.330 e. The summed E-state index contributed by atoms with van der Waals surface area (Å²) < 4.78 is 45.9. The zero-order valence-corrected chi connectivity index (χ0v) is 17.1. The number of aromatic nitrogens is 5. The van der Waals surface area contributed by atoms with Gasteiger partial charge in [0.1, 0.15) is 11.3 Å². The molecule has 2 N–H and O–H groups in total. The van der Waals surface area contributed by atoms with Gasteiger partial charge in [0.15, 0.2) is 16.6 Å². The van der Waals surface area contributed by atoms with E-state index in [0.717, 1.165) is 10.1 Å². The Labute approximate surface area is 173 Å². The lowest BCUT2D eigenvalue weighted by Crippen LogP contribution is -2.25. The smallest absolute Gasteiger partial charge is 0.330 e. The lowest BCUT2D eigenvalue weighted by atomic mass is 10.1. The molecule has 0 saturated heterocycles. The third-order valence-electron chi connectivity index (χ3n) is 4.65.